The van der Waals surface area contributed by atoms with Crippen LogP contribution in [-0.4, -0.2) is 38.2 Å². The quantitative estimate of drug-likeness (QED) is 0.898. The molecule has 1 fully saturated rings. The highest BCUT2D eigenvalue weighted by atomic mass is 19.3. The highest BCUT2D eigenvalue weighted by Gasteiger charge is 2.59. The number of rotatable bonds is 4. The van der Waals surface area contributed by atoms with Gasteiger partial charge in [-0.3, -0.25) is 4.79 Å². The van der Waals surface area contributed by atoms with Crippen molar-refractivity contribution in [1.82, 2.24) is 9.97 Å². The van der Waals surface area contributed by atoms with Crippen LogP contribution in [0.3, 0.4) is 0 Å². The number of alkyl halides is 2. The zero-order valence-corrected chi connectivity index (χ0v) is 12.7. The molecule has 1 aromatic carbocycles. The van der Waals surface area contributed by atoms with Crippen LogP contribution in [0.4, 0.5) is 8.78 Å². The van der Waals surface area contributed by atoms with Crippen LogP contribution in [-0.2, 0) is 11.2 Å². The van der Waals surface area contributed by atoms with E-state index in [1.807, 2.05) is 0 Å². The number of carboxylic acids is 1. The molecule has 3 rings (SSSR count). The van der Waals surface area contributed by atoms with Crippen LogP contribution in [0.1, 0.15) is 18.4 Å². The fraction of sp³-hybridized carbons (Fsp3) is 0.353. The Bertz CT molecular complexity index is 755. The van der Waals surface area contributed by atoms with Gasteiger partial charge in [0.25, 0.3) is 5.92 Å². The van der Waals surface area contributed by atoms with Crippen molar-refractivity contribution in [2.75, 3.05) is 0 Å². The Kier molecular flexibility index (Phi) is 4.04. The fourth-order valence-corrected chi connectivity index (χ4v) is 3.19. The van der Waals surface area contributed by atoms with Crippen LogP contribution < -0.4 is 0 Å². The molecule has 1 heterocycles. The zero-order valence-electron chi connectivity index (χ0n) is 12.7. The second kappa shape index (κ2) is 5.90. The molecule has 1 saturated carbocycles. The van der Waals surface area contributed by atoms with E-state index in [2.05, 4.69) is 9.97 Å². The summed E-state index contributed by atoms with van der Waals surface area (Å²) in [6.07, 6.45) is -0.197. The number of aromatic nitrogens is 2. The molecular weight excluding hydrogens is 318 g/mol. The number of hydrogen-bond acceptors (Lipinski definition) is 4. The lowest BCUT2D eigenvalue weighted by atomic mass is 9.79. The first-order chi connectivity index (χ1) is 11.3. The summed E-state index contributed by atoms with van der Waals surface area (Å²) in [6, 6.07) is 8.53. The number of benzene rings is 1. The minimum atomic E-state index is -3.39. The van der Waals surface area contributed by atoms with Crippen LogP contribution in [0.2, 0.25) is 0 Å². The number of hydrogen-bond donors (Lipinski definition) is 2. The van der Waals surface area contributed by atoms with E-state index in [1.54, 1.807) is 42.7 Å². The predicted molar refractivity (Wildman–Crippen MR) is 81.4 cm³/mol. The summed E-state index contributed by atoms with van der Waals surface area (Å²) >= 11 is 0. The molecule has 2 aromatic rings. The Labute approximate surface area is 137 Å². The minimum absolute atomic E-state index is 0.0876. The first-order valence-electron chi connectivity index (χ1n) is 7.48. The van der Waals surface area contributed by atoms with Crippen molar-refractivity contribution in [3.63, 3.8) is 0 Å². The molecular formula is C17H16F2N2O3. The molecule has 0 aliphatic heterocycles. The van der Waals surface area contributed by atoms with Gasteiger partial charge in [0.1, 0.15) is 6.10 Å². The lowest BCUT2D eigenvalue weighted by Gasteiger charge is -2.24. The van der Waals surface area contributed by atoms with Gasteiger partial charge in [-0.2, -0.15) is 0 Å². The molecule has 5 nitrogen and oxygen atoms in total. The van der Waals surface area contributed by atoms with Crippen molar-refractivity contribution in [3.05, 3.63) is 48.3 Å². The van der Waals surface area contributed by atoms with Crippen molar-refractivity contribution in [2.45, 2.75) is 31.3 Å². The van der Waals surface area contributed by atoms with Crippen LogP contribution in [0, 0.1) is 5.41 Å². The van der Waals surface area contributed by atoms with E-state index in [0.717, 1.165) is 0 Å². The van der Waals surface area contributed by atoms with Gasteiger partial charge >= 0.3 is 5.97 Å². The Hall–Kier alpha value is -2.41. The van der Waals surface area contributed by atoms with E-state index in [9.17, 15) is 23.8 Å². The third-order valence-electron chi connectivity index (χ3n) is 4.39. The standard InChI is InChI=1S/C17H16F2N2O3/c18-17(19)10-16(15(23)24,9-13(17)22)8-11-3-1-4-12(7-11)14-20-5-2-6-21-14/h1-7,13,22H,8-10H2,(H,23,24)/t13-,16+/m0/s1. The largest absolute Gasteiger partial charge is 0.481 e. The number of halogens is 2. The molecule has 1 aliphatic rings. The third-order valence-corrected chi connectivity index (χ3v) is 4.39. The summed E-state index contributed by atoms with van der Waals surface area (Å²) in [5.74, 6) is -4.24. The summed E-state index contributed by atoms with van der Waals surface area (Å²) in [4.78, 5) is 19.9. The minimum Gasteiger partial charge on any atom is -0.481 e. The number of nitrogens with zero attached hydrogens (tertiary/aromatic N) is 2. The molecule has 1 aromatic heterocycles. The molecule has 0 bridgehead atoms. The monoisotopic (exact) mass is 334 g/mol. The highest BCUT2D eigenvalue weighted by Crippen LogP contribution is 2.49. The third kappa shape index (κ3) is 2.99. The molecule has 7 heteroatoms. The normalized spacial score (nSPS) is 25.5. The van der Waals surface area contributed by atoms with Crippen molar-refractivity contribution >= 4 is 5.97 Å². The Morgan fingerprint density at radius 1 is 1.25 bits per heavy atom. The Morgan fingerprint density at radius 3 is 2.54 bits per heavy atom. The van der Waals surface area contributed by atoms with Crippen LogP contribution in [0.5, 0.6) is 0 Å². The molecule has 0 spiro atoms. The topological polar surface area (TPSA) is 83.3 Å². The van der Waals surface area contributed by atoms with E-state index in [-0.39, 0.29) is 6.42 Å². The van der Waals surface area contributed by atoms with Gasteiger partial charge < -0.3 is 10.2 Å². The van der Waals surface area contributed by atoms with Gasteiger partial charge in [0.05, 0.1) is 5.41 Å². The molecule has 2 atom stereocenters. The molecule has 0 radical (unpaired) electrons. The Morgan fingerprint density at radius 2 is 1.96 bits per heavy atom. The molecule has 1 aliphatic carbocycles. The number of aliphatic hydroxyl groups excluding tert-OH is 1. The molecule has 126 valence electrons. The lowest BCUT2D eigenvalue weighted by Crippen LogP contribution is -2.32. The van der Waals surface area contributed by atoms with E-state index in [1.165, 1.54) is 0 Å². The lowest BCUT2D eigenvalue weighted by molar-refractivity contribution is -0.150. The molecule has 24 heavy (non-hydrogen) atoms. The zero-order chi connectivity index (χ0) is 17.4. The average Bonchev–Trinajstić information content (AvgIpc) is 2.78. The number of carboxylic acid groups (broad SMARTS) is 1. The van der Waals surface area contributed by atoms with Gasteiger partial charge in [-0.25, -0.2) is 18.7 Å². The maximum Gasteiger partial charge on any atom is 0.310 e. The van der Waals surface area contributed by atoms with E-state index < -0.39 is 36.3 Å². The van der Waals surface area contributed by atoms with E-state index in [4.69, 9.17) is 0 Å². The molecule has 0 amide bonds. The van der Waals surface area contributed by atoms with Gasteiger partial charge in [-0.05, 0) is 30.5 Å². The predicted octanol–water partition coefficient (Wildman–Crippen LogP) is 2.55. The van der Waals surface area contributed by atoms with E-state index in [0.29, 0.717) is 17.0 Å². The van der Waals surface area contributed by atoms with Gasteiger partial charge in [-0.15, -0.1) is 0 Å². The van der Waals surface area contributed by atoms with Crippen LogP contribution in [0.15, 0.2) is 42.7 Å². The molecule has 0 saturated heterocycles. The summed E-state index contributed by atoms with van der Waals surface area (Å²) in [7, 11) is 0. The average molecular weight is 334 g/mol. The van der Waals surface area contributed by atoms with Crippen molar-refractivity contribution in [2.24, 2.45) is 5.41 Å². The Balaban J connectivity index is 1.91. The van der Waals surface area contributed by atoms with Gasteiger partial charge in [0.2, 0.25) is 0 Å². The smallest absolute Gasteiger partial charge is 0.310 e. The fourth-order valence-electron chi connectivity index (χ4n) is 3.19. The second-order valence-electron chi connectivity index (χ2n) is 6.19. The van der Waals surface area contributed by atoms with Gasteiger partial charge in [-0.1, -0.05) is 18.2 Å². The van der Waals surface area contributed by atoms with Crippen molar-refractivity contribution < 1.29 is 23.8 Å². The first-order valence-corrected chi connectivity index (χ1v) is 7.48. The summed E-state index contributed by atoms with van der Waals surface area (Å²) in [5, 5.41) is 19.0. The van der Waals surface area contributed by atoms with E-state index >= 15 is 0 Å². The molecule has 0 unspecified atom stereocenters. The molecule has 2 N–H and O–H groups in total. The van der Waals surface area contributed by atoms with Gasteiger partial charge in [0, 0.05) is 24.4 Å². The first kappa shape index (κ1) is 16.4. The van der Waals surface area contributed by atoms with Crippen LogP contribution in [0.25, 0.3) is 11.4 Å². The van der Waals surface area contributed by atoms with Crippen molar-refractivity contribution in [3.8, 4) is 11.4 Å². The maximum absolute atomic E-state index is 13.7. The maximum atomic E-state index is 13.7. The van der Waals surface area contributed by atoms with Crippen molar-refractivity contribution in [1.29, 1.82) is 0 Å². The van der Waals surface area contributed by atoms with Crippen LogP contribution >= 0.6 is 0 Å². The highest BCUT2D eigenvalue weighted by molar-refractivity contribution is 5.76. The SMILES string of the molecule is O=C(O)[C@]1(Cc2cccc(-c3ncccn3)c2)C[C@H](O)C(F)(F)C1. The summed E-state index contributed by atoms with van der Waals surface area (Å²) in [6.45, 7) is 0. The van der Waals surface area contributed by atoms with Gasteiger partial charge in [0.15, 0.2) is 5.82 Å². The summed E-state index contributed by atoms with van der Waals surface area (Å²) < 4.78 is 27.4. The second-order valence-corrected chi connectivity index (χ2v) is 6.19. The number of carbonyl (C=O) groups is 1. The summed E-state index contributed by atoms with van der Waals surface area (Å²) in [5.41, 5.74) is -0.412. The number of aliphatic hydroxyl groups is 1. The number of aliphatic carboxylic acids is 1.